The van der Waals surface area contributed by atoms with E-state index in [1.165, 1.54) is 6.92 Å². The van der Waals surface area contributed by atoms with Gasteiger partial charge in [-0.2, -0.15) is 0 Å². The van der Waals surface area contributed by atoms with E-state index in [1.807, 2.05) is 6.92 Å². The van der Waals surface area contributed by atoms with Crippen molar-refractivity contribution in [3.63, 3.8) is 0 Å². The van der Waals surface area contributed by atoms with E-state index in [0.29, 0.717) is 13.1 Å². The number of piperazine rings is 1. The third-order valence-electron chi connectivity index (χ3n) is 4.36. The summed E-state index contributed by atoms with van der Waals surface area (Å²) in [6, 6.07) is 1.74. The number of rotatable bonds is 5. The Bertz CT molecular complexity index is 734. The predicted octanol–water partition coefficient (Wildman–Crippen LogP) is 1.28. The lowest BCUT2D eigenvalue weighted by Gasteiger charge is -2.37. The average Bonchev–Trinajstić information content (AvgIpc) is 2.56. The highest BCUT2D eigenvalue weighted by molar-refractivity contribution is 7.92. The molecule has 1 amide bonds. The topological polar surface area (TPSA) is 60.9 Å². The van der Waals surface area contributed by atoms with Crippen LogP contribution < -0.4 is 4.31 Å². The molecule has 1 fully saturated rings. The van der Waals surface area contributed by atoms with Gasteiger partial charge in [0.1, 0.15) is 6.04 Å². The van der Waals surface area contributed by atoms with Crippen molar-refractivity contribution >= 4 is 21.6 Å². The maximum absolute atomic E-state index is 13.5. The van der Waals surface area contributed by atoms with Crippen LogP contribution >= 0.6 is 0 Å². The number of hydrogen-bond acceptors (Lipinski definition) is 4. The fourth-order valence-electron chi connectivity index (χ4n) is 2.97. The minimum absolute atomic E-state index is 0.0746. The summed E-state index contributed by atoms with van der Waals surface area (Å²) in [5.74, 6) is -2.60. The third kappa shape index (κ3) is 4.46. The predicted molar refractivity (Wildman–Crippen MR) is 91.8 cm³/mol. The number of nitrogens with zero attached hydrogens (tertiary/aromatic N) is 3. The largest absolute Gasteiger partial charge is 0.338 e. The first-order chi connectivity index (χ1) is 11.6. The van der Waals surface area contributed by atoms with Gasteiger partial charge in [-0.05, 0) is 25.6 Å². The Hall–Kier alpha value is -1.74. The summed E-state index contributed by atoms with van der Waals surface area (Å²) in [6.07, 6.45) is 0.938. The highest BCUT2D eigenvalue weighted by Crippen LogP contribution is 2.24. The van der Waals surface area contributed by atoms with E-state index in [4.69, 9.17) is 0 Å². The Morgan fingerprint density at radius 2 is 1.80 bits per heavy atom. The zero-order valence-corrected chi connectivity index (χ0v) is 15.4. The molecule has 0 bridgehead atoms. The van der Waals surface area contributed by atoms with Crippen molar-refractivity contribution in [1.82, 2.24) is 9.80 Å². The molecule has 0 saturated carbocycles. The van der Waals surface area contributed by atoms with Gasteiger partial charge in [0, 0.05) is 32.2 Å². The van der Waals surface area contributed by atoms with Crippen LogP contribution in [0, 0.1) is 11.6 Å². The highest BCUT2D eigenvalue weighted by Gasteiger charge is 2.33. The van der Waals surface area contributed by atoms with Crippen LogP contribution in [0.3, 0.4) is 0 Å². The first-order valence-corrected chi connectivity index (χ1v) is 9.95. The van der Waals surface area contributed by atoms with Gasteiger partial charge in [-0.3, -0.25) is 9.10 Å². The lowest BCUT2D eigenvalue weighted by atomic mass is 10.2. The van der Waals surface area contributed by atoms with Crippen molar-refractivity contribution in [2.45, 2.75) is 19.9 Å². The lowest BCUT2D eigenvalue weighted by molar-refractivity contribution is -0.133. The van der Waals surface area contributed by atoms with Crippen molar-refractivity contribution in [3.8, 4) is 0 Å². The monoisotopic (exact) mass is 375 g/mol. The number of anilines is 1. The molecule has 0 N–H and O–H groups in total. The third-order valence-corrected chi connectivity index (χ3v) is 5.60. The molecule has 140 valence electrons. The van der Waals surface area contributed by atoms with E-state index in [-0.39, 0.29) is 11.6 Å². The summed E-state index contributed by atoms with van der Waals surface area (Å²) >= 11 is 0. The van der Waals surface area contributed by atoms with E-state index in [1.54, 1.807) is 4.90 Å². The van der Waals surface area contributed by atoms with Gasteiger partial charge < -0.3 is 9.80 Å². The molecule has 0 spiro atoms. The number of sulfonamides is 1. The molecule has 2 rings (SSSR count). The van der Waals surface area contributed by atoms with Gasteiger partial charge in [-0.1, -0.05) is 6.92 Å². The summed E-state index contributed by atoms with van der Waals surface area (Å²) in [5.41, 5.74) is -0.0746. The van der Waals surface area contributed by atoms with Gasteiger partial charge >= 0.3 is 0 Å². The summed E-state index contributed by atoms with van der Waals surface area (Å²) in [5, 5.41) is 0. The molecule has 1 atom stereocenters. The quantitative estimate of drug-likeness (QED) is 0.778. The Morgan fingerprint density at radius 1 is 1.20 bits per heavy atom. The van der Waals surface area contributed by atoms with Gasteiger partial charge in [-0.15, -0.1) is 0 Å². The molecule has 25 heavy (non-hydrogen) atoms. The zero-order valence-electron chi connectivity index (χ0n) is 14.6. The molecule has 9 heteroatoms. The molecule has 1 saturated heterocycles. The van der Waals surface area contributed by atoms with Crippen LogP contribution in [0.1, 0.15) is 13.8 Å². The second-order valence-corrected chi connectivity index (χ2v) is 7.95. The van der Waals surface area contributed by atoms with E-state index < -0.39 is 27.7 Å². The molecule has 6 nitrogen and oxygen atoms in total. The van der Waals surface area contributed by atoms with Crippen molar-refractivity contribution in [2.75, 3.05) is 43.3 Å². The van der Waals surface area contributed by atoms with Crippen molar-refractivity contribution < 1.29 is 22.0 Å². The number of carbonyl (C=O) groups is 1. The Kier molecular flexibility index (Phi) is 5.99. The van der Waals surface area contributed by atoms with Gasteiger partial charge in [0.15, 0.2) is 11.6 Å². The molecule has 1 aliphatic rings. The van der Waals surface area contributed by atoms with Crippen molar-refractivity contribution in [3.05, 3.63) is 29.8 Å². The van der Waals surface area contributed by atoms with Crippen LogP contribution in [0.25, 0.3) is 0 Å². The van der Waals surface area contributed by atoms with Crippen LogP contribution in [0.5, 0.6) is 0 Å². The van der Waals surface area contributed by atoms with E-state index in [2.05, 4.69) is 4.90 Å². The van der Waals surface area contributed by atoms with E-state index in [0.717, 1.165) is 48.4 Å². The van der Waals surface area contributed by atoms with Crippen molar-refractivity contribution in [2.24, 2.45) is 0 Å². The number of amides is 1. The summed E-state index contributed by atoms with van der Waals surface area (Å²) in [6.45, 7) is 6.84. The maximum Gasteiger partial charge on any atom is 0.246 e. The fourth-order valence-corrected chi connectivity index (χ4v) is 4.13. The summed E-state index contributed by atoms with van der Waals surface area (Å²) in [7, 11) is -3.86. The maximum atomic E-state index is 13.5. The number of halogens is 2. The normalized spacial score (nSPS) is 17.4. The molecule has 1 heterocycles. The Labute approximate surface area is 147 Å². The molecule has 0 aromatic heterocycles. The second-order valence-electron chi connectivity index (χ2n) is 6.09. The first kappa shape index (κ1) is 19.6. The minimum Gasteiger partial charge on any atom is -0.338 e. The lowest BCUT2D eigenvalue weighted by Crippen LogP contribution is -2.55. The summed E-state index contributed by atoms with van der Waals surface area (Å²) < 4.78 is 51.9. The van der Waals surface area contributed by atoms with Crippen molar-refractivity contribution in [1.29, 1.82) is 0 Å². The second kappa shape index (κ2) is 7.65. The van der Waals surface area contributed by atoms with Gasteiger partial charge in [0.2, 0.25) is 15.9 Å². The zero-order chi connectivity index (χ0) is 18.8. The smallest absolute Gasteiger partial charge is 0.246 e. The van der Waals surface area contributed by atoms with E-state index >= 15 is 0 Å². The fraction of sp³-hybridized carbons (Fsp3) is 0.562. The molecule has 1 aliphatic heterocycles. The van der Waals surface area contributed by atoms with Crippen LogP contribution in [0.4, 0.5) is 14.5 Å². The number of hydrogen-bond donors (Lipinski definition) is 0. The number of benzene rings is 1. The van der Waals surface area contributed by atoms with E-state index in [9.17, 15) is 22.0 Å². The number of likely N-dealkylation sites (N-methyl/N-ethyl adjacent to an activating group) is 1. The van der Waals surface area contributed by atoms with Gasteiger partial charge in [0.25, 0.3) is 0 Å². The molecule has 1 aromatic carbocycles. The number of carbonyl (C=O) groups excluding carboxylic acids is 1. The standard InChI is InChI=1S/C16H23F2N3O3S/c1-4-19-7-9-20(10-8-19)16(22)12(2)21(25(3,23)24)13-5-6-14(17)15(18)11-13/h5-6,11-12H,4,7-10H2,1-3H3/t12-/m0/s1. The average molecular weight is 375 g/mol. The van der Waals surface area contributed by atoms with Crippen LogP contribution in [0.15, 0.2) is 18.2 Å². The molecule has 0 aliphatic carbocycles. The van der Waals surface area contributed by atoms with Gasteiger partial charge in [0.05, 0.1) is 11.9 Å². The van der Waals surface area contributed by atoms with Crippen LogP contribution in [-0.4, -0.2) is 69.1 Å². The van der Waals surface area contributed by atoms with Gasteiger partial charge in [-0.25, -0.2) is 17.2 Å². The molecule has 0 radical (unpaired) electrons. The summed E-state index contributed by atoms with van der Waals surface area (Å²) in [4.78, 5) is 16.5. The Morgan fingerprint density at radius 3 is 2.28 bits per heavy atom. The van der Waals surface area contributed by atoms with Crippen LogP contribution in [0.2, 0.25) is 0 Å². The highest BCUT2D eigenvalue weighted by atomic mass is 32.2. The van der Waals surface area contributed by atoms with Crippen LogP contribution in [-0.2, 0) is 14.8 Å². The Balaban J connectivity index is 2.26. The minimum atomic E-state index is -3.86. The molecular weight excluding hydrogens is 352 g/mol. The molecule has 0 unspecified atom stereocenters. The molecule has 1 aromatic rings. The SMILES string of the molecule is CCN1CCN(C(=O)[C@H](C)N(c2ccc(F)c(F)c2)S(C)(=O)=O)CC1. The first-order valence-electron chi connectivity index (χ1n) is 8.10. The molecular formula is C16H23F2N3O3S.